The average molecular weight is 390 g/mol. The zero-order valence-corrected chi connectivity index (χ0v) is 17.1. The van der Waals surface area contributed by atoms with Gasteiger partial charge in [-0.3, -0.25) is 4.79 Å². The van der Waals surface area contributed by atoms with E-state index < -0.39 is 15.6 Å². The van der Waals surface area contributed by atoms with Crippen LogP contribution in [-0.4, -0.2) is 80.3 Å². The highest BCUT2D eigenvalue weighted by atomic mass is 32.2. The quantitative estimate of drug-likeness (QED) is 0.569. The van der Waals surface area contributed by atoms with Crippen molar-refractivity contribution in [1.29, 1.82) is 0 Å². The molecule has 0 bridgehead atoms. The molecule has 0 aromatic carbocycles. The number of rotatable bonds is 9. The Morgan fingerprint density at radius 2 is 1.92 bits per heavy atom. The lowest BCUT2D eigenvalue weighted by atomic mass is 9.86. The molecule has 2 rings (SSSR count). The summed E-state index contributed by atoms with van der Waals surface area (Å²) in [6, 6.07) is 0. The molecule has 1 amide bonds. The van der Waals surface area contributed by atoms with Gasteiger partial charge in [0.05, 0.1) is 5.75 Å². The molecule has 8 heteroatoms. The number of nitrogens with zero attached hydrogens (tertiary/aromatic N) is 2. The SMILES string of the molecule is CN(C)S(=O)(=O)CCNC[C@@]1(O)CCCN(CCC2CCCCC2)C1=O. The summed E-state index contributed by atoms with van der Waals surface area (Å²) in [5.41, 5.74) is -1.41. The largest absolute Gasteiger partial charge is 0.379 e. The summed E-state index contributed by atoms with van der Waals surface area (Å²) >= 11 is 0. The van der Waals surface area contributed by atoms with Crippen LogP contribution >= 0.6 is 0 Å². The third-order valence-corrected chi connectivity index (χ3v) is 7.58. The van der Waals surface area contributed by atoms with E-state index in [-0.39, 0.29) is 24.7 Å². The molecule has 2 N–H and O–H groups in total. The van der Waals surface area contributed by atoms with Crippen molar-refractivity contribution in [3.8, 4) is 0 Å². The number of nitrogens with one attached hydrogen (secondary N) is 1. The van der Waals surface area contributed by atoms with Crippen molar-refractivity contribution >= 4 is 15.9 Å². The van der Waals surface area contributed by atoms with E-state index in [1.807, 2.05) is 0 Å². The second-order valence-electron chi connectivity index (χ2n) is 8.00. The molecule has 1 saturated heterocycles. The molecular weight excluding hydrogens is 354 g/mol. The Balaban J connectivity index is 1.78. The van der Waals surface area contributed by atoms with Gasteiger partial charge in [0, 0.05) is 40.3 Å². The normalized spacial score (nSPS) is 25.8. The second kappa shape index (κ2) is 9.48. The van der Waals surface area contributed by atoms with Gasteiger partial charge in [-0.2, -0.15) is 0 Å². The Morgan fingerprint density at radius 1 is 1.23 bits per heavy atom. The average Bonchev–Trinajstić information content (AvgIpc) is 2.61. The molecule has 1 heterocycles. The van der Waals surface area contributed by atoms with Crippen LogP contribution in [0.5, 0.6) is 0 Å². The first-order valence-corrected chi connectivity index (χ1v) is 11.5. The van der Waals surface area contributed by atoms with E-state index in [1.165, 1.54) is 50.5 Å². The van der Waals surface area contributed by atoms with Crippen molar-refractivity contribution in [3.05, 3.63) is 0 Å². The number of sulfonamides is 1. The number of hydrogen-bond donors (Lipinski definition) is 2. The van der Waals surface area contributed by atoms with Crippen LogP contribution in [0.4, 0.5) is 0 Å². The lowest BCUT2D eigenvalue weighted by Crippen LogP contribution is -2.58. The van der Waals surface area contributed by atoms with Gasteiger partial charge in [0.1, 0.15) is 0 Å². The topological polar surface area (TPSA) is 89.9 Å². The third-order valence-electron chi connectivity index (χ3n) is 5.75. The number of likely N-dealkylation sites (tertiary alicyclic amines) is 1. The van der Waals surface area contributed by atoms with E-state index in [1.54, 1.807) is 4.90 Å². The number of piperidine rings is 1. The van der Waals surface area contributed by atoms with Crippen molar-refractivity contribution < 1.29 is 18.3 Å². The molecular formula is C18H35N3O4S. The summed E-state index contributed by atoms with van der Waals surface area (Å²) in [4.78, 5) is 14.5. The Hall–Kier alpha value is -0.700. The van der Waals surface area contributed by atoms with E-state index in [0.717, 1.165) is 19.4 Å². The van der Waals surface area contributed by atoms with Crippen molar-refractivity contribution in [2.45, 2.75) is 57.0 Å². The Labute approximate surface area is 158 Å². The highest BCUT2D eigenvalue weighted by Crippen LogP contribution is 2.28. The van der Waals surface area contributed by atoms with Crippen molar-refractivity contribution in [2.75, 3.05) is 46.0 Å². The predicted molar refractivity (Wildman–Crippen MR) is 102 cm³/mol. The molecule has 0 aromatic rings. The van der Waals surface area contributed by atoms with E-state index in [9.17, 15) is 18.3 Å². The number of carbonyl (C=O) groups excluding carboxylic acids is 1. The van der Waals surface area contributed by atoms with E-state index >= 15 is 0 Å². The fourth-order valence-corrected chi connectivity index (χ4v) is 4.70. The monoisotopic (exact) mass is 389 g/mol. The maximum absolute atomic E-state index is 12.7. The summed E-state index contributed by atoms with van der Waals surface area (Å²) in [6.45, 7) is 1.76. The van der Waals surface area contributed by atoms with Gasteiger partial charge in [-0.15, -0.1) is 0 Å². The molecule has 0 unspecified atom stereocenters. The van der Waals surface area contributed by atoms with Gasteiger partial charge in [0.2, 0.25) is 10.0 Å². The zero-order chi connectivity index (χ0) is 19.2. The molecule has 0 aromatic heterocycles. The summed E-state index contributed by atoms with van der Waals surface area (Å²) in [6.07, 6.45) is 8.67. The summed E-state index contributed by atoms with van der Waals surface area (Å²) in [5, 5.41) is 13.7. The van der Waals surface area contributed by atoms with Gasteiger partial charge in [-0.1, -0.05) is 32.1 Å². The zero-order valence-electron chi connectivity index (χ0n) is 16.2. The molecule has 26 heavy (non-hydrogen) atoms. The van der Waals surface area contributed by atoms with E-state index in [2.05, 4.69) is 5.32 Å². The fourth-order valence-electron chi connectivity index (χ4n) is 3.94. The van der Waals surface area contributed by atoms with E-state index in [0.29, 0.717) is 18.9 Å². The highest BCUT2D eigenvalue weighted by molar-refractivity contribution is 7.89. The molecule has 1 saturated carbocycles. The Bertz CT molecular complexity index is 561. The van der Waals surface area contributed by atoms with Crippen molar-refractivity contribution in [2.24, 2.45) is 5.92 Å². The molecule has 2 aliphatic rings. The smallest absolute Gasteiger partial charge is 0.255 e. The summed E-state index contributed by atoms with van der Waals surface area (Å²) in [7, 11) is -0.277. The first kappa shape index (κ1) is 21.6. The van der Waals surface area contributed by atoms with Crippen LogP contribution in [0, 0.1) is 5.92 Å². The van der Waals surface area contributed by atoms with Gasteiger partial charge in [-0.05, 0) is 25.2 Å². The van der Waals surface area contributed by atoms with Gasteiger partial charge in [0.25, 0.3) is 5.91 Å². The molecule has 0 spiro atoms. The lowest BCUT2D eigenvalue weighted by molar-refractivity contribution is -0.156. The molecule has 152 valence electrons. The minimum absolute atomic E-state index is 0.0460. The van der Waals surface area contributed by atoms with Gasteiger partial charge < -0.3 is 15.3 Å². The number of amides is 1. The Morgan fingerprint density at radius 3 is 2.58 bits per heavy atom. The maximum atomic E-state index is 12.7. The van der Waals surface area contributed by atoms with Crippen LogP contribution in [-0.2, 0) is 14.8 Å². The second-order valence-corrected chi connectivity index (χ2v) is 10.3. The van der Waals surface area contributed by atoms with Gasteiger partial charge in [-0.25, -0.2) is 12.7 Å². The summed E-state index contributed by atoms with van der Waals surface area (Å²) < 4.78 is 24.7. The minimum Gasteiger partial charge on any atom is -0.379 e. The summed E-state index contributed by atoms with van der Waals surface area (Å²) in [5.74, 6) is 0.457. The van der Waals surface area contributed by atoms with E-state index in [4.69, 9.17) is 0 Å². The fraction of sp³-hybridized carbons (Fsp3) is 0.944. The standard InChI is InChI=1S/C18H35N3O4S/c1-20(2)26(24,25)14-11-19-15-18(23)10-6-12-21(17(18)22)13-9-16-7-4-3-5-8-16/h16,19,23H,3-15H2,1-2H3/t18-/m0/s1. The first-order valence-electron chi connectivity index (χ1n) is 9.87. The first-order chi connectivity index (χ1) is 12.2. The number of aliphatic hydroxyl groups is 1. The van der Waals surface area contributed by atoms with Gasteiger partial charge >= 0.3 is 0 Å². The lowest BCUT2D eigenvalue weighted by Gasteiger charge is -2.39. The predicted octanol–water partition coefficient (Wildman–Crippen LogP) is 0.791. The van der Waals surface area contributed by atoms with Gasteiger partial charge in [0.15, 0.2) is 5.60 Å². The van der Waals surface area contributed by atoms with Crippen LogP contribution in [0.15, 0.2) is 0 Å². The highest BCUT2D eigenvalue weighted by Gasteiger charge is 2.41. The van der Waals surface area contributed by atoms with Crippen LogP contribution in [0.1, 0.15) is 51.4 Å². The molecule has 1 atom stereocenters. The molecule has 7 nitrogen and oxygen atoms in total. The number of hydrogen-bond acceptors (Lipinski definition) is 5. The minimum atomic E-state index is -3.27. The molecule has 2 fully saturated rings. The maximum Gasteiger partial charge on any atom is 0.255 e. The number of carbonyl (C=O) groups is 1. The molecule has 1 aliphatic carbocycles. The van der Waals surface area contributed by atoms with Crippen LogP contribution in [0.2, 0.25) is 0 Å². The van der Waals surface area contributed by atoms with Crippen molar-refractivity contribution in [3.63, 3.8) is 0 Å². The van der Waals surface area contributed by atoms with Crippen LogP contribution in [0.25, 0.3) is 0 Å². The third kappa shape index (κ3) is 5.90. The Kier molecular flexibility index (Phi) is 7.88. The van der Waals surface area contributed by atoms with Crippen LogP contribution < -0.4 is 5.32 Å². The van der Waals surface area contributed by atoms with Crippen molar-refractivity contribution in [1.82, 2.24) is 14.5 Å². The molecule has 0 radical (unpaired) electrons. The molecule has 1 aliphatic heterocycles. The van der Waals surface area contributed by atoms with Crippen LogP contribution in [0.3, 0.4) is 0 Å².